The number of hydrogen-bond donors (Lipinski definition) is 4. The second-order valence-corrected chi connectivity index (χ2v) is 10.6. The van der Waals surface area contributed by atoms with Gasteiger partial charge in [0, 0.05) is 13.2 Å². The molecule has 4 N–H and O–H groups in total. The van der Waals surface area contributed by atoms with Gasteiger partial charge in [-0.05, 0) is 12.8 Å². The Hall–Kier alpha value is -1.23. The molecule has 0 aromatic heterocycles. The number of ether oxygens (including phenoxy) is 1. The highest BCUT2D eigenvalue weighted by molar-refractivity contribution is 7.79. The molecule has 0 aliphatic heterocycles. The van der Waals surface area contributed by atoms with E-state index in [0.29, 0.717) is 0 Å². The van der Waals surface area contributed by atoms with E-state index in [2.05, 4.69) is 13.8 Å². The molecule has 0 heterocycles. The number of hydrogen-bond acceptors (Lipinski definition) is 5. The van der Waals surface area contributed by atoms with Crippen molar-refractivity contribution in [2.75, 3.05) is 13.2 Å². The molecule has 0 atom stereocenters. The van der Waals surface area contributed by atoms with E-state index in [0.717, 1.165) is 13.2 Å². The second-order valence-electron chi connectivity index (χ2n) is 9.71. The van der Waals surface area contributed by atoms with Crippen LogP contribution in [0, 0.1) is 0 Å². The van der Waals surface area contributed by atoms with Crippen molar-refractivity contribution in [2.45, 2.75) is 155 Å². The molecule has 230 valence electrons. The molecule has 38 heavy (non-hydrogen) atoms. The lowest BCUT2D eigenvalue weighted by Crippen LogP contribution is -2.00. The highest BCUT2D eigenvalue weighted by Gasteiger charge is 2.00. The van der Waals surface area contributed by atoms with Crippen molar-refractivity contribution < 1.29 is 42.1 Å². The van der Waals surface area contributed by atoms with Crippen LogP contribution in [0.5, 0.6) is 0 Å². The van der Waals surface area contributed by atoms with Crippen molar-refractivity contribution in [3.63, 3.8) is 0 Å². The zero-order valence-corrected chi connectivity index (χ0v) is 25.0. The minimum absolute atomic E-state index is 0.296. The molecule has 10 heteroatoms. The summed E-state index contributed by atoms with van der Waals surface area (Å²) >= 11 is 0. The summed E-state index contributed by atoms with van der Waals surface area (Å²) in [6.07, 6.45) is 27.6. The number of aliphatic carboxylic acids is 2. The molecule has 9 nitrogen and oxygen atoms in total. The third kappa shape index (κ3) is 59.7. The van der Waals surface area contributed by atoms with Crippen LogP contribution in [-0.4, -0.2) is 52.9 Å². The van der Waals surface area contributed by atoms with Gasteiger partial charge in [0.1, 0.15) is 0 Å². The normalized spacial score (nSPS) is 10.7. The van der Waals surface area contributed by atoms with Crippen LogP contribution in [0.15, 0.2) is 0 Å². The van der Waals surface area contributed by atoms with Gasteiger partial charge in [-0.3, -0.25) is 18.7 Å². The molecule has 0 amide bonds. The Bertz CT molecular complexity index is 551. The van der Waals surface area contributed by atoms with Gasteiger partial charge >= 0.3 is 22.3 Å². The number of rotatable bonds is 25. The number of carbonyl (C=O) groups is 2. The summed E-state index contributed by atoms with van der Waals surface area (Å²) in [4.78, 5) is 19.3. The van der Waals surface area contributed by atoms with Gasteiger partial charge in [0.05, 0.1) is 12.8 Å². The molecule has 0 radical (unpaired) electrons. The summed E-state index contributed by atoms with van der Waals surface area (Å²) in [6, 6.07) is 0. The number of carboxylic acids is 2. The molecular formula is C28H58O9S. The summed E-state index contributed by atoms with van der Waals surface area (Å²) in [5.41, 5.74) is 0. The van der Waals surface area contributed by atoms with E-state index in [9.17, 15) is 9.59 Å². The molecule has 0 rings (SSSR count). The van der Waals surface area contributed by atoms with Crippen LogP contribution in [0.3, 0.4) is 0 Å². The zero-order chi connectivity index (χ0) is 29.3. The van der Waals surface area contributed by atoms with E-state index in [-0.39, 0.29) is 12.8 Å². The molecule has 0 spiro atoms. The Kier molecular flexibility index (Phi) is 36.7. The van der Waals surface area contributed by atoms with E-state index in [1.54, 1.807) is 0 Å². The lowest BCUT2D eigenvalue weighted by Gasteiger charge is -2.05. The third-order valence-electron chi connectivity index (χ3n) is 5.84. The average molecular weight is 571 g/mol. The smallest absolute Gasteiger partial charge is 0.394 e. The molecule has 0 bridgehead atoms. The zero-order valence-electron chi connectivity index (χ0n) is 24.2. The lowest BCUT2D eigenvalue weighted by atomic mass is 10.1. The van der Waals surface area contributed by atoms with Gasteiger partial charge in [0.15, 0.2) is 0 Å². The van der Waals surface area contributed by atoms with E-state index < -0.39 is 22.3 Å². The van der Waals surface area contributed by atoms with Gasteiger partial charge in [0.2, 0.25) is 0 Å². The number of unbranched alkanes of at least 4 members (excludes halogenated alkanes) is 18. The second kappa shape index (κ2) is 33.8. The summed E-state index contributed by atoms with van der Waals surface area (Å²) in [7, 11) is -4.67. The molecule has 0 fully saturated rings. The van der Waals surface area contributed by atoms with Crippen molar-refractivity contribution in [1.29, 1.82) is 0 Å². The maximum absolute atomic E-state index is 9.64. The molecule has 0 saturated carbocycles. The van der Waals surface area contributed by atoms with Gasteiger partial charge in [0.25, 0.3) is 0 Å². The maximum Gasteiger partial charge on any atom is 0.394 e. The van der Waals surface area contributed by atoms with Crippen molar-refractivity contribution in [3.8, 4) is 0 Å². The Morgan fingerprint density at radius 1 is 0.500 bits per heavy atom. The Labute approximate surface area is 232 Å². The van der Waals surface area contributed by atoms with Crippen molar-refractivity contribution >= 4 is 22.3 Å². The topological polar surface area (TPSA) is 158 Å². The standard InChI is InChI=1S/C24H50O.C4H6O4.H2O4S/c1-3-5-7-9-11-13-15-17-19-21-23-25-24-22-20-18-16-14-12-10-8-6-4-2;5-3(6)1-2-4(7)8;1-5(2,3)4/h3-24H2,1-2H3;1-2H2,(H,5,6)(H,7,8);(H2,1,2,3,4). The van der Waals surface area contributed by atoms with Gasteiger partial charge in [-0.15, -0.1) is 0 Å². The van der Waals surface area contributed by atoms with Gasteiger partial charge in [-0.2, -0.15) is 8.42 Å². The summed E-state index contributed by atoms with van der Waals surface area (Å²) in [6.45, 7) is 6.57. The molecule has 0 saturated heterocycles. The first-order valence-electron chi connectivity index (χ1n) is 14.8. The molecule has 0 aromatic carbocycles. The Morgan fingerprint density at radius 3 is 0.921 bits per heavy atom. The quantitative estimate of drug-likeness (QED) is 0.0627. The fourth-order valence-electron chi connectivity index (χ4n) is 3.70. The van der Waals surface area contributed by atoms with Crippen LogP contribution >= 0.6 is 0 Å². The monoisotopic (exact) mass is 570 g/mol. The van der Waals surface area contributed by atoms with E-state index in [1.807, 2.05) is 0 Å². The van der Waals surface area contributed by atoms with Gasteiger partial charge in [-0.25, -0.2) is 0 Å². The van der Waals surface area contributed by atoms with Crippen molar-refractivity contribution in [3.05, 3.63) is 0 Å². The average Bonchev–Trinajstić information content (AvgIpc) is 2.83. The van der Waals surface area contributed by atoms with E-state index in [4.69, 9.17) is 32.5 Å². The fourth-order valence-corrected chi connectivity index (χ4v) is 3.70. The highest BCUT2D eigenvalue weighted by Crippen LogP contribution is 2.12. The lowest BCUT2D eigenvalue weighted by molar-refractivity contribution is -0.143. The predicted molar refractivity (Wildman–Crippen MR) is 153 cm³/mol. The molecule has 0 aromatic rings. The summed E-state index contributed by atoms with van der Waals surface area (Å²) < 4.78 is 37.4. The maximum atomic E-state index is 9.64. The third-order valence-corrected chi connectivity index (χ3v) is 5.84. The van der Waals surface area contributed by atoms with Crippen molar-refractivity contribution in [1.82, 2.24) is 0 Å². The first kappa shape index (κ1) is 41.3. The molecular weight excluding hydrogens is 512 g/mol. The van der Waals surface area contributed by atoms with E-state index in [1.165, 1.54) is 128 Å². The molecule has 0 unspecified atom stereocenters. The van der Waals surface area contributed by atoms with Crippen LogP contribution in [0.2, 0.25) is 0 Å². The molecule has 0 aliphatic carbocycles. The van der Waals surface area contributed by atoms with E-state index >= 15 is 0 Å². The first-order chi connectivity index (χ1) is 18.0. The van der Waals surface area contributed by atoms with Crippen LogP contribution < -0.4 is 0 Å². The largest absolute Gasteiger partial charge is 0.481 e. The molecule has 0 aliphatic rings. The van der Waals surface area contributed by atoms with Crippen molar-refractivity contribution in [2.24, 2.45) is 0 Å². The Morgan fingerprint density at radius 2 is 0.711 bits per heavy atom. The minimum Gasteiger partial charge on any atom is -0.481 e. The Balaban J connectivity index is -0.000000770. The summed E-state index contributed by atoms with van der Waals surface area (Å²) in [5, 5.41) is 15.8. The van der Waals surface area contributed by atoms with Crippen LogP contribution in [0.1, 0.15) is 155 Å². The number of carboxylic acid groups (broad SMARTS) is 2. The predicted octanol–water partition coefficient (Wildman–Crippen LogP) is 8.13. The minimum atomic E-state index is -4.67. The van der Waals surface area contributed by atoms with Crippen LogP contribution in [0.4, 0.5) is 0 Å². The van der Waals surface area contributed by atoms with Crippen LogP contribution in [-0.2, 0) is 24.7 Å². The summed E-state index contributed by atoms with van der Waals surface area (Å²) in [5.74, 6) is -2.15. The van der Waals surface area contributed by atoms with Gasteiger partial charge in [-0.1, -0.05) is 129 Å². The van der Waals surface area contributed by atoms with Gasteiger partial charge < -0.3 is 14.9 Å². The van der Waals surface area contributed by atoms with Crippen LogP contribution in [0.25, 0.3) is 0 Å². The first-order valence-corrected chi connectivity index (χ1v) is 16.1. The highest BCUT2D eigenvalue weighted by atomic mass is 32.3. The SMILES string of the molecule is CCCCCCCCCCCCOCCCCCCCCCCCC.O=C(O)CCC(=O)O.O=S(=O)(O)O. The fraction of sp³-hybridized carbons (Fsp3) is 0.929.